The maximum atomic E-state index is 4.99. The molecule has 96 valence electrons. The topological polar surface area (TPSA) is 88.8 Å². The summed E-state index contributed by atoms with van der Waals surface area (Å²) in [6, 6.07) is 0. The third-order valence-electron chi connectivity index (χ3n) is 2.18. The van der Waals surface area contributed by atoms with Crippen molar-refractivity contribution in [1.82, 2.24) is 20.1 Å². The Morgan fingerprint density at radius 1 is 1.17 bits per heavy atom. The summed E-state index contributed by atoms with van der Waals surface area (Å²) < 4.78 is 4.99. The van der Waals surface area contributed by atoms with Crippen LogP contribution in [0.25, 0.3) is 0 Å². The van der Waals surface area contributed by atoms with Gasteiger partial charge in [-0.05, 0) is 13.3 Å². The molecule has 0 aliphatic carbocycles. The Kier molecular flexibility index (Phi) is 4.06. The number of aryl methyl sites for hydroxylation is 1. The van der Waals surface area contributed by atoms with Crippen molar-refractivity contribution in [2.45, 2.75) is 26.8 Å². The molecule has 0 saturated heterocycles. The predicted molar refractivity (Wildman–Crippen MR) is 67.2 cm³/mol. The van der Waals surface area contributed by atoms with Gasteiger partial charge < -0.3 is 15.2 Å². The van der Waals surface area contributed by atoms with Gasteiger partial charge in [0.05, 0.1) is 18.9 Å². The summed E-state index contributed by atoms with van der Waals surface area (Å²) in [4.78, 5) is 12.6. The average molecular weight is 248 g/mol. The van der Waals surface area contributed by atoms with Crippen LogP contribution < -0.4 is 10.6 Å². The first-order valence-electron chi connectivity index (χ1n) is 5.87. The highest BCUT2D eigenvalue weighted by atomic mass is 16.5. The number of anilines is 2. The molecule has 0 fully saturated rings. The number of hydrogen-bond donors (Lipinski definition) is 2. The van der Waals surface area contributed by atoms with Crippen molar-refractivity contribution >= 4 is 11.6 Å². The minimum absolute atomic E-state index is 0.437. The van der Waals surface area contributed by atoms with Crippen molar-refractivity contribution in [3.05, 3.63) is 24.1 Å². The summed E-state index contributed by atoms with van der Waals surface area (Å²) in [6.45, 7) is 5.19. The van der Waals surface area contributed by atoms with Gasteiger partial charge in [-0.2, -0.15) is 4.98 Å². The van der Waals surface area contributed by atoms with Crippen LogP contribution in [-0.4, -0.2) is 26.7 Å². The second-order valence-electron chi connectivity index (χ2n) is 3.81. The van der Waals surface area contributed by atoms with Gasteiger partial charge in [0.15, 0.2) is 5.82 Å². The molecule has 0 amide bonds. The van der Waals surface area contributed by atoms with E-state index in [1.165, 1.54) is 0 Å². The normalized spacial score (nSPS) is 10.3. The largest absolute Gasteiger partial charge is 0.369 e. The first-order chi connectivity index (χ1) is 8.78. The molecule has 0 unspecified atom stereocenters. The number of aromatic nitrogens is 4. The van der Waals surface area contributed by atoms with E-state index in [9.17, 15) is 0 Å². The summed E-state index contributed by atoms with van der Waals surface area (Å²) in [5.74, 6) is 2.58. The zero-order valence-electron chi connectivity index (χ0n) is 10.5. The Morgan fingerprint density at radius 3 is 2.61 bits per heavy atom. The van der Waals surface area contributed by atoms with Crippen molar-refractivity contribution in [2.75, 3.05) is 17.2 Å². The minimum atomic E-state index is 0.437. The molecule has 0 atom stereocenters. The summed E-state index contributed by atoms with van der Waals surface area (Å²) in [6.07, 6.45) is 4.39. The molecule has 0 bridgehead atoms. The Labute approximate surface area is 105 Å². The van der Waals surface area contributed by atoms with E-state index in [0.29, 0.717) is 24.1 Å². The van der Waals surface area contributed by atoms with Gasteiger partial charge in [0.2, 0.25) is 5.89 Å². The second-order valence-corrected chi connectivity index (χ2v) is 3.81. The van der Waals surface area contributed by atoms with E-state index < -0.39 is 0 Å². The Morgan fingerprint density at radius 2 is 1.94 bits per heavy atom. The van der Waals surface area contributed by atoms with Crippen molar-refractivity contribution in [3.63, 3.8) is 0 Å². The van der Waals surface area contributed by atoms with Crippen molar-refractivity contribution in [1.29, 1.82) is 0 Å². The Hall–Kier alpha value is -2.18. The molecule has 2 rings (SSSR count). The molecule has 0 aromatic carbocycles. The molecule has 2 N–H and O–H groups in total. The highest BCUT2D eigenvalue weighted by Crippen LogP contribution is 2.08. The summed E-state index contributed by atoms with van der Waals surface area (Å²) in [7, 11) is 0. The molecule has 0 aliphatic heterocycles. The van der Waals surface area contributed by atoms with E-state index in [2.05, 4.69) is 37.7 Å². The molecule has 7 nitrogen and oxygen atoms in total. The number of nitrogens with one attached hydrogen (secondary N) is 2. The third-order valence-corrected chi connectivity index (χ3v) is 2.18. The van der Waals surface area contributed by atoms with E-state index in [1.807, 2.05) is 0 Å². The summed E-state index contributed by atoms with van der Waals surface area (Å²) in [5, 5.41) is 9.97. The fourth-order valence-corrected chi connectivity index (χ4v) is 1.37. The molecular formula is C11H16N6O. The number of rotatable bonds is 6. The van der Waals surface area contributed by atoms with E-state index in [4.69, 9.17) is 4.52 Å². The predicted octanol–water partition coefficient (Wildman–Crippen LogP) is 1.60. The fourth-order valence-electron chi connectivity index (χ4n) is 1.37. The van der Waals surface area contributed by atoms with Gasteiger partial charge in [0.25, 0.3) is 0 Å². The van der Waals surface area contributed by atoms with Gasteiger partial charge in [-0.3, -0.25) is 4.98 Å². The third kappa shape index (κ3) is 3.41. The van der Waals surface area contributed by atoms with E-state index in [1.54, 1.807) is 19.3 Å². The summed E-state index contributed by atoms with van der Waals surface area (Å²) in [5.41, 5.74) is 0. The van der Waals surface area contributed by atoms with Crippen LogP contribution in [0, 0.1) is 6.92 Å². The molecule has 2 heterocycles. The maximum absolute atomic E-state index is 4.99. The lowest BCUT2D eigenvalue weighted by Gasteiger charge is -2.06. The van der Waals surface area contributed by atoms with Crippen LogP contribution in [0.15, 0.2) is 16.9 Å². The molecule has 0 radical (unpaired) electrons. The molecule has 2 aromatic heterocycles. The van der Waals surface area contributed by atoms with Crippen LogP contribution >= 0.6 is 0 Å². The molecule has 0 saturated carbocycles. The van der Waals surface area contributed by atoms with E-state index in [0.717, 1.165) is 18.8 Å². The first kappa shape index (κ1) is 12.3. The lowest BCUT2D eigenvalue weighted by Crippen LogP contribution is -2.06. The molecule has 0 aliphatic rings. The van der Waals surface area contributed by atoms with Gasteiger partial charge in [0, 0.05) is 6.54 Å². The average Bonchev–Trinajstić information content (AvgIpc) is 2.80. The monoisotopic (exact) mass is 248 g/mol. The van der Waals surface area contributed by atoms with Gasteiger partial charge >= 0.3 is 0 Å². The van der Waals surface area contributed by atoms with Crippen molar-refractivity contribution in [3.8, 4) is 0 Å². The highest BCUT2D eigenvalue weighted by molar-refractivity contribution is 5.41. The van der Waals surface area contributed by atoms with Crippen LogP contribution in [-0.2, 0) is 6.54 Å². The second kappa shape index (κ2) is 5.95. The standard InChI is InChI=1S/C11H16N6O/c1-3-4-13-9-5-12-6-10(16-9)14-7-11-15-8(2)17-18-11/h5-6H,3-4,7H2,1-2H3,(H2,13,14,16). The maximum Gasteiger partial charge on any atom is 0.245 e. The Balaban J connectivity index is 1.92. The zero-order valence-corrected chi connectivity index (χ0v) is 10.5. The first-order valence-corrected chi connectivity index (χ1v) is 5.87. The Bertz CT molecular complexity index is 498. The van der Waals surface area contributed by atoms with Gasteiger partial charge in [0.1, 0.15) is 11.6 Å². The smallest absolute Gasteiger partial charge is 0.245 e. The molecule has 0 spiro atoms. The highest BCUT2D eigenvalue weighted by Gasteiger charge is 2.03. The van der Waals surface area contributed by atoms with Crippen LogP contribution in [0.4, 0.5) is 11.6 Å². The van der Waals surface area contributed by atoms with Crippen LogP contribution in [0.5, 0.6) is 0 Å². The van der Waals surface area contributed by atoms with Gasteiger partial charge in [-0.15, -0.1) is 0 Å². The SMILES string of the molecule is CCCNc1cncc(NCc2nc(C)no2)n1. The number of nitrogens with zero attached hydrogens (tertiary/aromatic N) is 4. The summed E-state index contributed by atoms with van der Waals surface area (Å²) >= 11 is 0. The molecule has 7 heteroatoms. The van der Waals surface area contributed by atoms with Crippen LogP contribution in [0.1, 0.15) is 25.1 Å². The minimum Gasteiger partial charge on any atom is -0.369 e. The molecule has 2 aromatic rings. The van der Waals surface area contributed by atoms with Crippen LogP contribution in [0.2, 0.25) is 0 Å². The molecule has 18 heavy (non-hydrogen) atoms. The zero-order chi connectivity index (χ0) is 12.8. The van der Waals surface area contributed by atoms with E-state index in [-0.39, 0.29) is 0 Å². The van der Waals surface area contributed by atoms with E-state index >= 15 is 0 Å². The quantitative estimate of drug-likeness (QED) is 0.802. The number of hydrogen-bond acceptors (Lipinski definition) is 7. The lowest BCUT2D eigenvalue weighted by atomic mass is 10.5. The molecular weight excluding hydrogens is 232 g/mol. The van der Waals surface area contributed by atoms with Gasteiger partial charge in [-0.1, -0.05) is 12.1 Å². The van der Waals surface area contributed by atoms with Crippen LogP contribution in [0.3, 0.4) is 0 Å². The van der Waals surface area contributed by atoms with Gasteiger partial charge in [-0.25, -0.2) is 4.98 Å². The lowest BCUT2D eigenvalue weighted by molar-refractivity contribution is 0.379. The fraction of sp³-hybridized carbons (Fsp3) is 0.455. The van der Waals surface area contributed by atoms with Crippen molar-refractivity contribution in [2.24, 2.45) is 0 Å². The van der Waals surface area contributed by atoms with Crippen molar-refractivity contribution < 1.29 is 4.52 Å².